The number of likely N-dealkylation sites (N-methyl/N-ethyl adjacent to an activating group) is 1. The van der Waals surface area contributed by atoms with Crippen LogP contribution in [-0.2, 0) is 4.79 Å². The molecular weight excluding hydrogens is 188 g/mol. The van der Waals surface area contributed by atoms with Gasteiger partial charge in [0.1, 0.15) is 0 Å². The molecule has 1 unspecified atom stereocenters. The largest absolute Gasteiger partial charge is 0.353 e. The quantitative estimate of drug-likeness (QED) is 0.660. The fourth-order valence-electron chi connectivity index (χ4n) is 1.60. The minimum absolute atomic E-state index is 0.0279. The summed E-state index contributed by atoms with van der Waals surface area (Å²) >= 11 is 0. The van der Waals surface area contributed by atoms with E-state index in [0.29, 0.717) is 12.6 Å². The van der Waals surface area contributed by atoms with Gasteiger partial charge in [-0.25, -0.2) is 0 Å². The maximum Gasteiger partial charge on any atom is 0.217 e. The average molecular weight is 212 g/mol. The van der Waals surface area contributed by atoms with Crippen molar-refractivity contribution in [1.82, 2.24) is 10.6 Å². The van der Waals surface area contributed by atoms with Gasteiger partial charge in [-0.2, -0.15) is 0 Å². The van der Waals surface area contributed by atoms with Crippen LogP contribution >= 0.6 is 0 Å². The molecule has 0 aliphatic rings. The molecule has 1 atom stereocenters. The molecule has 0 radical (unpaired) electrons. The standard InChI is InChI=1S/C12H24N2O/c1-6-7-9(2)12(10(3)13-5)8-14-11(4)15/h10,13H,6-8H2,1-5H3,(H,14,15)/b12-9+. The van der Waals surface area contributed by atoms with Crippen LogP contribution < -0.4 is 10.6 Å². The molecular formula is C12H24N2O. The molecule has 0 aromatic rings. The number of allylic oxidation sites excluding steroid dienone is 1. The molecule has 0 bridgehead atoms. The number of carbonyl (C=O) groups excluding carboxylic acids is 1. The molecule has 3 heteroatoms. The first-order valence-electron chi connectivity index (χ1n) is 5.63. The van der Waals surface area contributed by atoms with Crippen molar-refractivity contribution in [3.63, 3.8) is 0 Å². The van der Waals surface area contributed by atoms with Gasteiger partial charge in [-0.1, -0.05) is 18.9 Å². The van der Waals surface area contributed by atoms with E-state index in [1.54, 1.807) is 6.92 Å². The van der Waals surface area contributed by atoms with Gasteiger partial charge in [-0.05, 0) is 32.9 Å². The lowest BCUT2D eigenvalue weighted by Gasteiger charge is -2.19. The maximum atomic E-state index is 10.9. The van der Waals surface area contributed by atoms with Crippen LogP contribution in [0, 0.1) is 0 Å². The minimum atomic E-state index is 0.0279. The summed E-state index contributed by atoms with van der Waals surface area (Å²) in [6.07, 6.45) is 2.24. The summed E-state index contributed by atoms with van der Waals surface area (Å²) in [5, 5.41) is 6.08. The fourth-order valence-corrected chi connectivity index (χ4v) is 1.60. The van der Waals surface area contributed by atoms with Crippen LogP contribution in [0.1, 0.15) is 40.5 Å². The molecule has 1 amide bonds. The van der Waals surface area contributed by atoms with Crippen molar-refractivity contribution in [1.29, 1.82) is 0 Å². The highest BCUT2D eigenvalue weighted by molar-refractivity contribution is 5.73. The van der Waals surface area contributed by atoms with Crippen LogP contribution in [-0.4, -0.2) is 25.5 Å². The van der Waals surface area contributed by atoms with Crippen LogP contribution in [0.15, 0.2) is 11.1 Å². The Hall–Kier alpha value is -0.830. The first-order valence-corrected chi connectivity index (χ1v) is 5.63. The summed E-state index contributed by atoms with van der Waals surface area (Å²) in [5.41, 5.74) is 2.68. The van der Waals surface area contributed by atoms with Gasteiger partial charge in [0.15, 0.2) is 0 Å². The molecule has 2 N–H and O–H groups in total. The Bertz CT molecular complexity index is 234. The summed E-state index contributed by atoms with van der Waals surface area (Å²) in [6.45, 7) is 8.65. The number of hydrogen-bond acceptors (Lipinski definition) is 2. The first kappa shape index (κ1) is 14.2. The average Bonchev–Trinajstić information content (AvgIpc) is 2.17. The van der Waals surface area contributed by atoms with Crippen molar-refractivity contribution >= 4 is 5.91 Å². The molecule has 0 heterocycles. The van der Waals surface area contributed by atoms with E-state index >= 15 is 0 Å². The second-order valence-electron chi connectivity index (χ2n) is 3.98. The van der Waals surface area contributed by atoms with E-state index in [9.17, 15) is 4.79 Å². The number of hydrogen-bond donors (Lipinski definition) is 2. The van der Waals surface area contributed by atoms with E-state index in [4.69, 9.17) is 0 Å². The zero-order chi connectivity index (χ0) is 11.8. The molecule has 0 fully saturated rings. The summed E-state index contributed by atoms with van der Waals surface area (Å²) in [4.78, 5) is 10.9. The van der Waals surface area contributed by atoms with Crippen LogP contribution in [0.4, 0.5) is 0 Å². The van der Waals surface area contributed by atoms with Gasteiger partial charge < -0.3 is 10.6 Å². The molecule has 0 spiro atoms. The van der Waals surface area contributed by atoms with Crippen LogP contribution in [0.5, 0.6) is 0 Å². The van der Waals surface area contributed by atoms with E-state index in [2.05, 4.69) is 31.4 Å². The lowest BCUT2D eigenvalue weighted by atomic mass is 9.99. The number of carbonyl (C=O) groups is 1. The van der Waals surface area contributed by atoms with E-state index < -0.39 is 0 Å². The molecule has 0 saturated heterocycles. The molecule has 0 aliphatic carbocycles. The summed E-state index contributed by atoms with van der Waals surface area (Å²) in [7, 11) is 1.94. The number of rotatable bonds is 6. The second-order valence-corrected chi connectivity index (χ2v) is 3.98. The normalized spacial score (nSPS) is 14.5. The van der Waals surface area contributed by atoms with Crippen molar-refractivity contribution in [3.05, 3.63) is 11.1 Å². The first-order chi connectivity index (χ1) is 7.02. The highest BCUT2D eigenvalue weighted by atomic mass is 16.1. The van der Waals surface area contributed by atoms with Gasteiger partial charge in [-0.3, -0.25) is 4.79 Å². The highest BCUT2D eigenvalue weighted by Crippen LogP contribution is 2.13. The number of nitrogens with one attached hydrogen (secondary N) is 2. The molecule has 0 rings (SSSR count). The van der Waals surface area contributed by atoms with Gasteiger partial charge in [0.05, 0.1) is 0 Å². The summed E-state index contributed by atoms with van der Waals surface area (Å²) in [6, 6.07) is 0.323. The molecule has 3 nitrogen and oxygen atoms in total. The highest BCUT2D eigenvalue weighted by Gasteiger charge is 2.10. The van der Waals surface area contributed by atoms with Gasteiger partial charge in [-0.15, -0.1) is 0 Å². The van der Waals surface area contributed by atoms with Gasteiger partial charge in [0.25, 0.3) is 0 Å². The smallest absolute Gasteiger partial charge is 0.217 e. The van der Waals surface area contributed by atoms with Crippen LogP contribution in [0.3, 0.4) is 0 Å². The minimum Gasteiger partial charge on any atom is -0.353 e. The lowest BCUT2D eigenvalue weighted by molar-refractivity contribution is -0.118. The topological polar surface area (TPSA) is 41.1 Å². The molecule has 15 heavy (non-hydrogen) atoms. The lowest BCUT2D eigenvalue weighted by Crippen LogP contribution is -2.33. The molecule has 0 saturated carbocycles. The van der Waals surface area contributed by atoms with Gasteiger partial charge in [0.2, 0.25) is 5.91 Å². The Morgan fingerprint density at radius 1 is 1.33 bits per heavy atom. The van der Waals surface area contributed by atoms with Gasteiger partial charge in [0, 0.05) is 19.5 Å². The Balaban J connectivity index is 4.56. The number of amides is 1. The third-order valence-corrected chi connectivity index (χ3v) is 2.66. The monoisotopic (exact) mass is 212 g/mol. The third kappa shape index (κ3) is 5.57. The summed E-state index contributed by atoms with van der Waals surface area (Å²) < 4.78 is 0. The SMILES string of the molecule is CCC/C(C)=C(\CNC(C)=O)C(C)NC. The molecule has 0 aliphatic heterocycles. The molecule has 0 aromatic heterocycles. The van der Waals surface area contributed by atoms with E-state index in [-0.39, 0.29) is 5.91 Å². The third-order valence-electron chi connectivity index (χ3n) is 2.66. The van der Waals surface area contributed by atoms with Gasteiger partial charge >= 0.3 is 0 Å². The van der Waals surface area contributed by atoms with Crippen molar-refractivity contribution in [2.75, 3.05) is 13.6 Å². The van der Waals surface area contributed by atoms with E-state index in [1.165, 1.54) is 11.1 Å². The van der Waals surface area contributed by atoms with Crippen molar-refractivity contribution in [3.8, 4) is 0 Å². The van der Waals surface area contributed by atoms with Crippen LogP contribution in [0.25, 0.3) is 0 Å². The molecule has 0 aromatic carbocycles. The Morgan fingerprint density at radius 2 is 1.93 bits per heavy atom. The van der Waals surface area contributed by atoms with E-state index in [1.807, 2.05) is 7.05 Å². The van der Waals surface area contributed by atoms with Crippen molar-refractivity contribution in [2.45, 2.75) is 46.6 Å². The Labute approximate surface area is 93.3 Å². The molecule has 88 valence electrons. The van der Waals surface area contributed by atoms with Crippen LogP contribution in [0.2, 0.25) is 0 Å². The summed E-state index contributed by atoms with van der Waals surface area (Å²) in [5.74, 6) is 0.0279. The maximum absolute atomic E-state index is 10.9. The van der Waals surface area contributed by atoms with Crippen molar-refractivity contribution < 1.29 is 4.79 Å². The van der Waals surface area contributed by atoms with Crippen molar-refractivity contribution in [2.24, 2.45) is 0 Å². The zero-order valence-electron chi connectivity index (χ0n) is 10.6. The fraction of sp³-hybridized carbons (Fsp3) is 0.750. The second kappa shape index (κ2) is 7.46. The zero-order valence-corrected chi connectivity index (χ0v) is 10.6. The predicted molar refractivity (Wildman–Crippen MR) is 64.8 cm³/mol. The Kier molecular flexibility index (Phi) is 7.05. The predicted octanol–water partition coefficient (Wildman–Crippen LogP) is 1.85. The van der Waals surface area contributed by atoms with E-state index in [0.717, 1.165) is 12.8 Å². The Morgan fingerprint density at radius 3 is 2.33 bits per heavy atom.